The van der Waals surface area contributed by atoms with Crippen LogP contribution in [0.3, 0.4) is 0 Å². The Hall–Kier alpha value is -1.89. The molecule has 2 aromatic rings. The average molecular weight is 266 g/mol. The second kappa shape index (κ2) is 5.18. The summed E-state index contributed by atoms with van der Waals surface area (Å²) in [5.41, 5.74) is 7.17. The predicted molar refractivity (Wildman–Crippen MR) is 70.8 cm³/mol. The van der Waals surface area contributed by atoms with E-state index in [0.717, 1.165) is 11.3 Å². The van der Waals surface area contributed by atoms with Crippen molar-refractivity contribution in [2.45, 2.75) is 10.9 Å². The number of aromatic amines is 1. The lowest BCUT2D eigenvalue weighted by molar-refractivity contribution is 0.411. The van der Waals surface area contributed by atoms with Crippen LogP contribution in [-0.2, 0) is 12.8 Å². The molecule has 0 radical (unpaired) electrons. The molecule has 1 heterocycles. The largest absolute Gasteiger partial charge is 0.496 e. The number of benzene rings is 1. The number of aromatic nitrogens is 3. The zero-order valence-electron chi connectivity index (χ0n) is 10.1. The number of hydrogen-bond acceptors (Lipinski definition) is 5. The Balaban J connectivity index is 2.17. The van der Waals surface area contributed by atoms with Crippen LogP contribution >= 0.6 is 11.8 Å². The van der Waals surface area contributed by atoms with E-state index in [0.29, 0.717) is 16.6 Å². The van der Waals surface area contributed by atoms with Crippen LogP contribution in [0.4, 0.5) is 5.69 Å². The zero-order valence-corrected chi connectivity index (χ0v) is 11.0. The summed E-state index contributed by atoms with van der Waals surface area (Å²) >= 11 is 1.44. The van der Waals surface area contributed by atoms with Gasteiger partial charge in [0.2, 0.25) is 0 Å². The Labute approximate surface area is 108 Å². The first-order chi connectivity index (χ1) is 8.61. The summed E-state index contributed by atoms with van der Waals surface area (Å²) in [6, 6.07) is 5.47. The van der Waals surface area contributed by atoms with Crippen molar-refractivity contribution in [3.63, 3.8) is 0 Å². The molecule has 6 nitrogen and oxygen atoms in total. The van der Waals surface area contributed by atoms with Crippen LogP contribution in [0.2, 0.25) is 0 Å². The highest BCUT2D eigenvalue weighted by Gasteiger charge is 2.08. The van der Waals surface area contributed by atoms with Crippen molar-refractivity contribution in [3.05, 3.63) is 34.2 Å². The lowest BCUT2D eigenvalue weighted by atomic mass is 10.2. The summed E-state index contributed by atoms with van der Waals surface area (Å²) in [5.74, 6) is 1.41. The molecule has 96 valence electrons. The van der Waals surface area contributed by atoms with Crippen LogP contribution in [0.1, 0.15) is 5.56 Å². The molecule has 0 amide bonds. The van der Waals surface area contributed by atoms with Gasteiger partial charge >= 0.3 is 5.69 Å². The first-order valence-electron chi connectivity index (χ1n) is 5.28. The number of anilines is 1. The summed E-state index contributed by atoms with van der Waals surface area (Å²) in [4.78, 5) is 11.2. The molecule has 1 aromatic heterocycles. The lowest BCUT2D eigenvalue weighted by Crippen LogP contribution is -2.12. The number of thioether (sulfide) groups is 1. The highest BCUT2D eigenvalue weighted by Crippen LogP contribution is 2.27. The number of nitrogens with one attached hydrogen (secondary N) is 1. The van der Waals surface area contributed by atoms with Crippen molar-refractivity contribution in [2.24, 2.45) is 7.05 Å². The van der Waals surface area contributed by atoms with Crippen molar-refractivity contribution >= 4 is 17.4 Å². The fourth-order valence-electron chi connectivity index (χ4n) is 1.52. The molecule has 0 saturated carbocycles. The van der Waals surface area contributed by atoms with Crippen LogP contribution in [0.15, 0.2) is 28.2 Å². The van der Waals surface area contributed by atoms with Crippen molar-refractivity contribution in [3.8, 4) is 5.75 Å². The number of rotatable bonds is 4. The van der Waals surface area contributed by atoms with Gasteiger partial charge in [-0.15, -0.1) is 5.10 Å². The molecule has 0 aliphatic rings. The SMILES string of the molecule is COc1ccc(N)cc1CSc1n[nH]c(=O)n1C. The van der Waals surface area contributed by atoms with Crippen LogP contribution < -0.4 is 16.2 Å². The maximum Gasteiger partial charge on any atom is 0.343 e. The summed E-state index contributed by atoms with van der Waals surface area (Å²) < 4.78 is 6.72. The average Bonchev–Trinajstić information content (AvgIpc) is 2.68. The van der Waals surface area contributed by atoms with E-state index in [1.54, 1.807) is 20.2 Å². The first-order valence-corrected chi connectivity index (χ1v) is 6.27. The van der Waals surface area contributed by atoms with Gasteiger partial charge in [-0.2, -0.15) is 0 Å². The Bertz CT molecular complexity index is 605. The van der Waals surface area contributed by atoms with E-state index in [4.69, 9.17) is 10.5 Å². The molecule has 18 heavy (non-hydrogen) atoms. The standard InChI is InChI=1S/C11H14N4O2S/c1-15-10(16)13-14-11(15)18-6-7-5-8(12)3-4-9(7)17-2/h3-5H,6,12H2,1-2H3,(H,13,16). The molecular weight excluding hydrogens is 252 g/mol. The van der Waals surface area contributed by atoms with E-state index in [1.807, 2.05) is 12.1 Å². The normalized spacial score (nSPS) is 10.6. The monoisotopic (exact) mass is 266 g/mol. The molecular formula is C11H14N4O2S. The molecule has 2 rings (SSSR count). The van der Waals surface area contributed by atoms with Gasteiger partial charge in [-0.05, 0) is 18.2 Å². The van der Waals surface area contributed by atoms with Crippen molar-refractivity contribution in [2.75, 3.05) is 12.8 Å². The van der Waals surface area contributed by atoms with Crippen molar-refractivity contribution < 1.29 is 4.74 Å². The first kappa shape index (κ1) is 12.6. The Morgan fingerprint density at radius 3 is 2.94 bits per heavy atom. The van der Waals surface area contributed by atoms with Gasteiger partial charge in [-0.25, -0.2) is 9.89 Å². The van der Waals surface area contributed by atoms with E-state index in [2.05, 4.69) is 10.2 Å². The van der Waals surface area contributed by atoms with Gasteiger partial charge in [0.05, 0.1) is 7.11 Å². The molecule has 1 aromatic carbocycles. The molecule has 3 N–H and O–H groups in total. The van der Waals surface area contributed by atoms with Gasteiger partial charge in [0.25, 0.3) is 0 Å². The molecule has 0 aliphatic heterocycles. The third kappa shape index (κ3) is 2.51. The highest BCUT2D eigenvalue weighted by atomic mass is 32.2. The van der Waals surface area contributed by atoms with Crippen molar-refractivity contribution in [1.29, 1.82) is 0 Å². The second-order valence-electron chi connectivity index (χ2n) is 3.73. The molecule has 0 saturated heterocycles. The fourth-order valence-corrected chi connectivity index (χ4v) is 2.41. The molecule has 0 atom stereocenters. The number of nitrogens with two attached hydrogens (primary N) is 1. The lowest BCUT2D eigenvalue weighted by Gasteiger charge is -2.08. The summed E-state index contributed by atoms with van der Waals surface area (Å²) in [6.07, 6.45) is 0. The third-order valence-corrected chi connectivity index (χ3v) is 3.58. The van der Waals surface area contributed by atoms with Gasteiger partial charge in [-0.3, -0.25) is 4.57 Å². The van der Waals surface area contributed by atoms with Gasteiger partial charge in [-0.1, -0.05) is 11.8 Å². The van der Waals surface area contributed by atoms with Crippen LogP contribution in [-0.4, -0.2) is 21.9 Å². The molecule has 0 aliphatic carbocycles. The predicted octanol–water partition coefficient (Wildman–Crippen LogP) is 0.991. The molecule has 0 bridgehead atoms. The minimum absolute atomic E-state index is 0.225. The number of methoxy groups -OCH3 is 1. The number of H-pyrrole nitrogens is 1. The molecule has 0 spiro atoms. The van der Waals surface area contributed by atoms with E-state index in [-0.39, 0.29) is 5.69 Å². The molecule has 7 heteroatoms. The summed E-state index contributed by atoms with van der Waals surface area (Å²) in [5, 5.41) is 6.95. The van der Waals surface area contributed by atoms with Crippen LogP contribution in [0.5, 0.6) is 5.75 Å². The Morgan fingerprint density at radius 1 is 1.56 bits per heavy atom. The minimum Gasteiger partial charge on any atom is -0.496 e. The number of nitrogen functional groups attached to an aromatic ring is 1. The van der Waals surface area contributed by atoms with Gasteiger partial charge < -0.3 is 10.5 Å². The Kier molecular flexibility index (Phi) is 3.61. The van der Waals surface area contributed by atoms with E-state index >= 15 is 0 Å². The maximum absolute atomic E-state index is 11.2. The second-order valence-corrected chi connectivity index (χ2v) is 4.67. The third-order valence-electron chi connectivity index (χ3n) is 2.50. The number of nitrogens with zero attached hydrogens (tertiary/aromatic N) is 2. The topological polar surface area (TPSA) is 85.9 Å². The van der Waals surface area contributed by atoms with Crippen molar-refractivity contribution in [1.82, 2.24) is 14.8 Å². The van der Waals surface area contributed by atoms with Crippen LogP contribution in [0, 0.1) is 0 Å². The fraction of sp³-hybridized carbons (Fsp3) is 0.273. The van der Waals surface area contributed by atoms with Gasteiger partial charge in [0.1, 0.15) is 5.75 Å². The number of ether oxygens (including phenoxy) is 1. The molecule has 0 unspecified atom stereocenters. The Morgan fingerprint density at radius 2 is 2.33 bits per heavy atom. The maximum atomic E-state index is 11.2. The molecule has 0 fully saturated rings. The minimum atomic E-state index is -0.225. The van der Waals surface area contributed by atoms with Gasteiger partial charge in [0.15, 0.2) is 5.16 Å². The summed E-state index contributed by atoms with van der Waals surface area (Å²) in [7, 11) is 3.29. The van der Waals surface area contributed by atoms with Gasteiger partial charge in [0, 0.05) is 24.1 Å². The highest BCUT2D eigenvalue weighted by molar-refractivity contribution is 7.98. The summed E-state index contributed by atoms with van der Waals surface area (Å²) in [6.45, 7) is 0. The number of hydrogen-bond donors (Lipinski definition) is 2. The van der Waals surface area contributed by atoms with Crippen LogP contribution in [0.25, 0.3) is 0 Å². The van der Waals surface area contributed by atoms with E-state index in [9.17, 15) is 4.79 Å². The van der Waals surface area contributed by atoms with E-state index in [1.165, 1.54) is 16.3 Å². The van der Waals surface area contributed by atoms with E-state index < -0.39 is 0 Å². The smallest absolute Gasteiger partial charge is 0.343 e. The quantitative estimate of drug-likeness (QED) is 0.636. The zero-order chi connectivity index (χ0) is 13.1.